The maximum absolute atomic E-state index is 11.3. The van der Waals surface area contributed by atoms with Crippen LogP contribution in [0.3, 0.4) is 0 Å². The highest BCUT2D eigenvalue weighted by atomic mass is 35.5. The molecule has 1 fully saturated rings. The van der Waals surface area contributed by atoms with E-state index >= 15 is 0 Å². The average molecular weight is 269 g/mol. The number of nitrogens with zero attached hydrogens (tertiary/aromatic N) is 1. The highest BCUT2D eigenvalue weighted by Gasteiger charge is 2.21. The van der Waals surface area contributed by atoms with Gasteiger partial charge in [-0.15, -0.1) is 0 Å². The van der Waals surface area contributed by atoms with Gasteiger partial charge in [-0.1, -0.05) is 11.6 Å². The van der Waals surface area contributed by atoms with E-state index in [-0.39, 0.29) is 12.7 Å². The smallest absolute Gasteiger partial charge is 0.234 e. The van der Waals surface area contributed by atoms with Crippen molar-refractivity contribution in [1.82, 2.24) is 10.2 Å². The van der Waals surface area contributed by atoms with Gasteiger partial charge >= 0.3 is 0 Å². The molecule has 1 saturated heterocycles. The van der Waals surface area contributed by atoms with Gasteiger partial charge in [-0.3, -0.25) is 9.69 Å². The van der Waals surface area contributed by atoms with Crippen molar-refractivity contribution in [1.29, 1.82) is 0 Å². The number of hydrogen-bond acceptors (Lipinski definition) is 4. The molecule has 2 heterocycles. The van der Waals surface area contributed by atoms with Gasteiger partial charge in [-0.25, -0.2) is 0 Å². The summed E-state index contributed by atoms with van der Waals surface area (Å²) < 4.78 is 10.6. The van der Waals surface area contributed by atoms with Crippen LogP contribution in [0.2, 0.25) is 5.02 Å². The van der Waals surface area contributed by atoms with E-state index in [1.165, 1.54) is 0 Å². The van der Waals surface area contributed by atoms with Gasteiger partial charge in [-0.05, 0) is 17.7 Å². The van der Waals surface area contributed by atoms with Gasteiger partial charge in [0.1, 0.15) is 0 Å². The van der Waals surface area contributed by atoms with Crippen LogP contribution in [-0.4, -0.2) is 37.2 Å². The minimum Gasteiger partial charge on any atom is -0.454 e. The Kier molecular flexibility index (Phi) is 3.01. The van der Waals surface area contributed by atoms with Crippen LogP contribution >= 0.6 is 11.6 Å². The van der Waals surface area contributed by atoms with Gasteiger partial charge in [0.05, 0.1) is 11.6 Å². The SMILES string of the molecule is O=C1CN(Cc2cc(Cl)c3c(c2)OCO3)CCN1. The fourth-order valence-corrected chi connectivity index (χ4v) is 2.48. The number of piperazine rings is 1. The molecule has 2 aliphatic heterocycles. The van der Waals surface area contributed by atoms with Crippen LogP contribution in [0.5, 0.6) is 11.5 Å². The van der Waals surface area contributed by atoms with Gasteiger partial charge in [0.2, 0.25) is 12.7 Å². The van der Waals surface area contributed by atoms with E-state index in [0.717, 1.165) is 12.1 Å². The van der Waals surface area contributed by atoms with Gasteiger partial charge in [0.25, 0.3) is 0 Å². The zero-order valence-electron chi connectivity index (χ0n) is 9.74. The molecule has 1 N–H and O–H groups in total. The Morgan fingerprint density at radius 2 is 2.28 bits per heavy atom. The number of fused-ring (bicyclic) bond motifs is 1. The van der Waals surface area contributed by atoms with Gasteiger partial charge in [-0.2, -0.15) is 0 Å². The second-order valence-corrected chi connectivity index (χ2v) is 4.78. The summed E-state index contributed by atoms with van der Waals surface area (Å²) in [6.45, 7) is 2.86. The van der Waals surface area contributed by atoms with Crippen LogP contribution in [0.15, 0.2) is 12.1 Å². The Morgan fingerprint density at radius 1 is 1.39 bits per heavy atom. The second kappa shape index (κ2) is 4.66. The van der Waals surface area contributed by atoms with Crippen LogP contribution in [-0.2, 0) is 11.3 Å². The lowest BCUT2D eigenvalue weighted by Gasteiger charge is -2.26. The summed E-state index contributed by atoms with van der Waals surface area (Å²) in [5, 5.41) is 3.36. The lowest BCUT2D eigenvalue weighted by atomic mass is 10.1. The van der Waals surface area contributed by atoms with Crippen molar-refractivity contribution in [2.45, 2.75) is 6.54 Å². The number of benzene rings is 1. The highest BCUT2D eigenvalue weighted by molar-refractivity contribution is 6.32. The van der Waals surface area contributed by atoms with Crippen molar-refractivity contribution in [2.75, 3.05) is 26.4 Å². The molecule has 0 bridgehead atoms. The van der Waals surface area contributed by atoms with Gasteiger partial charge in [0.15, 0.2) is 11.5 Å². The monoisotopic (exact) mass is 268 g/mol. The van der Waals surface area contributed by atoms with Crippen molar-refractivity contribution >= 4 is 17.5 Å². The molecule has 6 heteroatoms. The van der Waals surface area contributed by atoms with Crippen molar-refractivity contribution in [3.05, 3.63) is 22.7 Å². The first-order chi connectivity index (χ1) is 8.72. The van der Waals surface area contributed by atoms with E-state index in [9.17, 15) is 4.79 Å². The van der Waals surface area contributed by atoms with E-state index in [1.807, 2.05) is 12.1 Å². The molecule has 18 heavy (non-hydrogen) atoms. The van der Waals surface area contributed by atoms with E-state index < -0.39 is 0 Å². The molecule has 3 rings (SSSR count). The highest BCUT2D eigenvalue weighted by Crippen LogP contribution is 2.39. The molecule has 1 amide bonds. The second-order valence-electron chi connectivity index (χ2n) is 4.37. The van der Waals surface area contributed by atoms with Crippen LogP contribution in [0.4, 0.5) is 0 Å². The van der Waals surface area contributed by atoms with E-state index in [0.29, 0.717) is 36.2 Å². The molecular weight excluding hydrogens is 256 g/mol. The Labute approximate surface area is 110 Å². The maximum Gasteiger partial charge on any atom is 0.234 e. The molecule has 0 aromatic heterocycles. The zero-order chi connectivity index (χ0) is 12.5. The maximum atomic E-state index is 11.3. The fraction of sp³-hybridized carbons (Fsp3) is 0.417. The van der Waals surface area contributed by atoms with Crippen molar-refractivity contribution < 1.29 is 14.3 Å². The Morgan fingerprint density at radius 3 is 3.11 bits per heavy atom. The minimum atomic E-state index is 0.0630. The fourth-order valence-electron chi connectivity index (χ4n) is 2.20. The molecule has 96 valence electrons. The van der Waals surface area contributed by atoms with Crippen LogP contribution in [0, 0.1) is 0 Å². The molecule has 5 nitrogen and oxygen atoms in total. The number of nitrogens with one attached hydrogen (secondary N) is 1. The molecule has 0 radical (unpaired) electrons. The summed E-state index contributed by atoms with van der Waals surface area (Å²) >= 11 is 6.12. The summed E-state index contributed by atoms with van der Waals surface area (Å²) in [6.07, 6.45) is 0. The molecule has 0 spiro atoms. The van der Waals surface area contributed by atoms with E-state index in [4.69, 9.17) is 21.1 Å². The topological polar surface area (TPSA) is 50.8 Å². The molecule has 1 aromatic rings. The quantitative estimate of drug-likeness (QED) is 0.869. The number of ether oxygens (including phenoxy) is 2. The summed E-state index contributed by atoms with van der Waals surface area (Å²) in [4.78, 5) is 13.4. The van der Waals surface area contributed by atoms with E-state index in [1.54, 1.807) is 0 Å². The third kappa shape index (κ3) is 2.23. The molecule has 0 aliphatic carbocycles. The molecular formula is C12H13ClN2O3. The largest absolute Gasteiger partial charge is 0.454 e. The Bertz CT molecular complexity index is 492. The first kappa shape index (κ1) is 11.6. The molecule has 2 aliphatic rings. The lowest BCUT2D eigenvalue weighted by Crippen LogP contribution is -2.47. The predicted octanol–water partition coefficient (Wildman–Crippen LogP) is 1.00. The summed E-state index contributed by atoms with van der Waals surface area (Å²) in [5.41, 5.74) is 1.03. The average Bonchev–Trinajstić information content (AvgIpc) is 2.77. The summed E-state index contributed by atoms with van der Waals surface area (Å²) in [7, 11) is 0. The Hall–Kier alpha value is -1.46. The number of amides is 1. The zero-order valence-corrected chi connectivity index (χ0v) is 10.5. The molecule has 0 unspecified atom stereocenters. The molecule has 0 saturated carbocycles. The van der Waals surface area contributed by atoms with Crippen LogP contribution < -0.4 is 14.8 Å². The number of carbonyl (C=O) groups is 1. The number of carbonyl (C=O) groups excluding carboxylic acids is 1. The van der Waals surface area contributed by atoms with Crippen LogP contribution in [0.1, 0.15) is 5.56 Å². The van der Waals surface area contributed by atoms with Crippen molar-refractivity contribution in [3.63, 3.8) is 0 Å². The number of rotatable bonds is 2. The predicted molar refractivity (Wildman–Crippen MR) is 65.9 cm³/mol. The first-order valence-corrected chi connectivity index (χ1v) is 6.17. The summed E-state index contributed by atoms with van der Waals surface area (Å²) in [6, 6.07) is 3.78. The standard InChI is InChI=1S/C12H13ClN2O3/c13-9-3-8(4-10-12(9)18-7-17-10)5-15-2-1-14-11(16)6-15/h3-4H,1-2,5-7H2,(H,14,16). The lowest BCUT2D eigenvalue weighted by molar-refractivity contribution is -0.124. The normalized spacial score (nSPS) is 18.8. The number of hydrogen-bond donors (Lipinski definition) is 1. The Balaban J connectivity index is 1.77. The van der Waals surface area contributed by atoms with Crippen LogP contribution in [0.25, 0.3) is 0 Å². The van der Waals surface area contributed by atoms with Gasteiger partial charge < -0.3 is 14.8 Å². The third-order valence-electron chi connectivity index (χ3n) is 3.01. The first-order valence-electron chi connectivity index (χ1n) is 5.79. The molecule has 1 aromatic carbocycles. The number of halogens is 1. The van der Waals surface area contributed by atoms with Crippen molar-refractivity contribution in [2.24, 2.45) is 0 Å². The summed E-state index contributed by atoms with van der Waals surface area (Å²) in [5.74, 6) is 1.35. The molecule has 0 atom stereocenters. The van der Waals surface area contributed by atoms with Crippen molar-refractivity contribution in [3.8, 4) is 11.5 Å². The minimum absolute atomic E-state index is 0.0630. The third-order valence-corrected chi connectivity index (χ3v) is 3.29. The van der Waals surface area contributed by atoms with E-state index in [2.05, 4.69) is 10.2 Å². The van der Waals surface area contributed by atoms with Gasteiger partial charge in [0, 0.05) is 19.6 Å².